The lowest BCUT2D eigenvalue weighted by atomic mass is 10.0. The number of rotatable bonds is 32. The van der Waals surface area contributed by atoms with Crippen LogP contribution in [-0.2, 0) is 28.4 Å². The van der Waals surface area contributed by atoms with Crippen LogP contribution in [0.1, 0.15) is 130 Å². The zero-order valence-electron chi connectivity index (χ0n) is 28.4. The predicted octanol–water partition coefficient (Wildman–Crippen LogP) is 8.20. The molecule has 0 aromatic rings. The lowest BCUT2D eigenvalue weighted by Gasteiger charge is -2.24. The standard InChI is InChI=1S/C34H69NO7/c1-6-7-8-9-10-11-12-13-14-15-16-17-18-19-20-21-23-37-25-27-39-29-31-41-32-30-40-28-26-38-24-22-35(5)33(36)42-34(2,3)4/h6-32H2,1-5H3. The van der Waals surface area contributed by atoms with Crippen LogP contribution in [0.3, 0.4) is 0 Å². The summed E-state index contributed by atoms with van der Waals surface area (Å²) in [7, 11) is 1.70. The second kappa shape index (κ2) is 31.5. The van der Waals surface area contributed by atoms with Gasteiger partial charge in [-0.15, -0.1) is 0 Å². The maximum absolute atomic E-state index is 11.9. The molecule has 0 fully saturated rings. The molecule has 0 unspecified atom stereocenters. The molecule has 0 aromatic carbocycles. The Labute approximate surface area is 259 Å². The van der Waals surface area contributed by atoms with Gasteiger partial charge in [0.1, 0.15) is 5.60 Å². The van der Waals surface area contributed by atoms with Crippen molar-refractivity contribution >= 4 is 6.09 Å². The number of likely N-dealkylation sites (N-methyl/N-ethyl adjacent to an activating group) is 1. The van der Waals surface area contributed by atoms with Crippen LogP contribution in [0.2, 0.25) is 0 Å². The minimum atomic E-state index is -0.493. The molecule has 0 bridgehead atoms. The van der Waals surface area contributed by atoms with Crippen LogP contribution < -0.4 is 0 Å². The van der Waals surface area contributed by atoms with E-state index in [-0.39, 0.29) is 6.09 Å². The van der Waals surface area contributed by atoms with Gasteiger partial charge in [0.15, 0.2) is 0 Å². The van der Waals surface area contributed by atoms with Crippen LogP contribution >= 0.6 is 0 Å². The average Bonchev–Trinajstić information content (AvgIpc) is 2.95. The Bertz CT molecular complexity index is 556. The molecule has 0 aliphatic heterocycles. The number of hydrogen-bond acceptors (Lipinski definition) is 7. The Morgan fingerprint density at radius 2 is 0.786 bits per heavy atom. The van der Waals surface area contributed by atoms with Gasteiger partial charge in [-0.05, 0) is 27.2 Å². The quantitative estimate of drug-likeness (QED) is 0.0718. The Hall–Kier alpha value is -0.930. The van der Waals surface area contributed by atoms with Crippen LogP contribution in [0.5, 0.6) is 0 Å². The van der Waals surface area contributed by atoms with Gasteiger partial charge in [0.05, 0.1) is 59.5 Å². The number of amides is 1. The summed E-state index contributed by atoms with van der Waals surface area (Å²) in [5.74, 6) is 0. The van der Waals surface area contributed by atoms with Gasteiger partial charge in [0.25, 0.3) is 0 Å². The van der Waals surface area contributed by atoms with Crippen molar-refractivity contribution < 1.29 is 33.2 Å². The highest BCUT2D eigenvalue weighted by molar-refractivity contribution is 5.67. The molecule has 252 valence electrons. The molecule has 0 aliphatic rings. The third-order valence-corrected chi connectivity index (χ3v) is 6.91. The number of hydrogen-bond donors (Lipinski definition) is 0. The van der Waals surface area contributed by atoms with Crippen LogP contribution in [-0.4, -0.2) is 96.3 Å². The number of carbonyl (C=O) groups excluding carboxylic acids is 1. The van der Waals surface area contributed by atoms with Gasteiger partial charge in [0.2, 0.25) is 0 Å². The lowest BCUT2D eigenvalue weighted by Crippen LogP contribution is -2.36. The van der Waals surface area contributed by atoms with Crippen LogP contribution in [0.25, 0.3) is 0 Å². The molecule has 0 saturated carbocycles. The van der Waals surface area contributed by atoms with E-state index in [1.807, 2.05) is 20.8 Å². The Balaban J connectivity index is 3.15. The first-order chi connectivity index (χ1) is 20.4. The van der Waals surface area contributed by atoms with Crippen molar-refractivity contribution in [3.8, 4) is 0 Å². The summed E-state index contributed by atoms with van der Waals surface area (Å²) in [5, 5.41) is 0. The lowest BCUT2D eigenvalue weighted by molar-refractivity contribution is -0.0132. The number of nitrogens with zero attached hydrogens (tertiary/aromatic N) is 1. The van der Waals surface area contributed by atoms with Crippen molar-refractivity contribution in [2.75, 3.05) is 79.7 Å². The molecule has 0 spiro atoms. The summed E-state index contributed by atoms with van der Waals surface area (Å²) in [6, 6.07) is 0. The van der Waals surface area contributed by atoms with Crippen molar-refractivity contribution in [3.05, 3.63) is 0 Å². The summed E-state index contributed by atoms with van der Waals surface area (Å²) in [6.45, 7) is 14.0. The smallest absolute Gasteiger partial charge is 0.410 e. The second-order valence-electron chi connectivity index (χ2n) is 12.3. The van der Waals surface area contributed by atoms with Crippen molar-refractivity contribution in [2.24, 2.45) is 0 Å². The van der Waals surface area contributed by atoms with E-state index in [1.54, 1.807) is 7.05 Å². The first-order valence-electron chi connectivity index (χ1n) is 17.2. The molecule has 1 amide bonds. The van der Waals surface area contributed by atoms with Gasteiger partial charge >= 0.3 is 6.09 Å². The average molecular weight is 604 g/mol. The number of ether oxygens (including phenoxy) is 6. The van der Waals surface area contributed by atoms with E-state index in [9.17, 15) is 4.79 Å². The van der Waals surface area contributed by atoms with Crippen LogP contribution in [0.15, 0.2) is 0 Å². The monoisotopic (exact) mass is 604 g/mol. The van der Waals surface area contributed by atoms with Crippen molar-refractivity contribution in [1.82, 2.24) is 4.90 Å². The van der Waals surface area contributed by atoms with E-state index in [4.69, 9.17) is 28.4 Å². The first kappa shape index (κ1) is 41.1. The Kier molecular flexibility index (Phi) is 30.8. The van der Waals surface area contributed by atoms with E-state index < -0.39 is 5.60 Å². The molecule has 0 aromatic heterocycles. The maximum atomic E-state index is 11.9. The van der Waals surface area contributed by atoms with Crippen LogP contribution in [0, 0.1) is 0 Å². The normalized spacial score (nSPS) is 11.7. The summed E-state index contributed by atoms with van der Waals surface area (Å²) in [5.41, 5.74) is -0.493. The SMILES string of the molecule is CCCCCCCCCCCCCCCCCCOCCOCCOCCOCCOCCN(C)C(=O)OC(C)(C)C. The van der Waals surface area contributed by atoms with Gasteiger partial charge in [0, 0.05) is 20.2 Å². The fourth-order valence-corrected chi connectivity index (χ4v) is 4.37. The van der Waals surface area contributed by atoms with E-state index >= 15 is 0 Å². The molecule has 8 heteroatoms. The molecular formula is C34H69NO7. The van der Waals surface area contributed by atoms with E-state index in [0.717, 1.165) is 13.0 Å². The summed E-state index contributed by atoms with van der Waals surface area (Å²) in [4.78, 5) is 13.4. The van der Waals surface area contributed by atoms with Crippen molar-refractivity contribution in [3.63, 3.8) is 0 Å². The molecule has 0 aliphatic carbocycles. The second-order valence-corrected chi connectivity index (χ2v) is 12.3. The molecule has 42 heavy (non-hydrogen) atoms. The first-order valence-corrected chi connectivity index (χ1v) is 17.2. The molecular weight excluding hydrogens is 534 g/mol. The molecule has 0 heterocycles. The molecule has 0 N–H and O–H groups in total. The largest absolute Gasteiger partial charge is 0.444 e. The zero-order valence-corrected chi connectivity index (χ0v) is 28.4. The fraction of sp³-hybridized carbons (Fsp3) is 0.971. The molecule has 0 saturated heterocycles. The van der Waals surface area contributed by atoms with Gasteiger partial charge < -0.3 is 33.3 Å². The number of unbranched alkanes of at least 4 members (excludes halogenated alkanes) is 15. The van der Waals surface area contributed by atoms with Crippen molar-refractivity contribution in [2.45, 2.75) is 136 Å². The highest BCUT2D eigenvalue weighted by Crippen LogP contribution is 2.14. The molecule has 0 rings (SSSR count). The van der Waals surface area contributed by atoms with Gasteiger partial charge in [-0.2, -0.15) is 0 Å². The summed E-state index contributed by atoms with van der Waals surface area (Å²) in [6.07, 6.45) is 21.9. The molecule has 8 nitrogen and oxygen atoms in total. The van der Waals surface area contributed by atoms with E-state index in [2.05, 4.69) is 6.92 Å². The summed E-state index contributed by atoms with van der Waals surface area (Å²) >= 11 is 0. The molecule has 0 radical (unpaired) electrons. The predicted molar refractivity (Wildman–Crippen MR) is 173 cm³/mol. The fourth-order valence-electron chi connectivity index (χ4n) is 4.37. The zero-order chi connectivity index (χ0) is 31.0. The van der Waals surface area contributed by atoms with Crippen LogP contribution in [0.4, 0.5) is 4.79 Å². The third-order valence-electron chi connectivity index (χ3n) is 6.91. The van der Waals surface area contributed by atoms with E-state index in [0.29, 0.717) is 66.0 Å². The highest BCUT2D eigenvalue weighted by atomic mass is 16.6. The number of carbonyl (C=O) groups is 1. The third kappa shape index (κ3) is 33.6. The minimum Gasteiger partial charge on any atom is -0.444 e. The topological polar surface area (TPSA) is 75.7 Å². The molecule has 0 atom stereocenters. The highest BCUT2D eigenvalue weighted by Gasteiger charge is 2.19. The maximum Gasteiger partial charge on any atom is 0.410 e. The van der Waals surface area contributed by atoms with Gasteiger partial charge in [-0.1, -0.05) is 103 Å². The Morgan fingerprint density at radius 3 is 1.14 bits per heavy atom. The minimum absolute atomic E-state index is 0.346. The Morgan fingerprint density at radius 1 is 0.476 bits per heavy atom. The van der Waals surface area contributed by atoms with Gasteiger partial charge in [-0.3, -0.25) is 0 Å². The van der Waals surface area contributed by atoms with Gasteiger partial charge in [-0.25, -0.2) is 4.79 Å². The summed E-state index contributed by atoms with van der Waals surface area (Å²) < 4.78 is 33.0. The van der Waals surface area contributed by atoms with Crippen molar-refractivity contribution in [1.29, 1.82) is 0 Å². The van der Waals surface area contributed by atoms with E-state index in [1.165, 1.54) is 101 Å².